The van der Waals surface area contributed by atoms with Crippen LogP contribution in [0.15, 0.2) is 24.3 Å². The minimum absolute atomic E-state index is 0.0653. The van der Waals surface area contributed by atoms with Crippen LogP contribution in [0.1, 0.15) is 17.5 Å². The van der Waals surface area contributed by atoms with E-state index in [-0.39, 0.29) is 17.8 Å². The van der Waals surface area contributed by atoms with Crippen LogP contribution in [0, 0.1) is 17.1 Å². The Hall–Kier alpha value is -3.64. The van der Waals surface area contributed by atoms with E-state index < -0.39 is 0 Å². The molecule has 0 unspecified atom stereocenters. The SMILES string of the molecule is CCc1nc2sc(N3CCN(CC(=O)N4CC(O)C4)CC3)nn2c1N(C)c1nc(-c2ccc(F)cc2)c(C#N)s1. The van der Waals surface area contributed by atoms with Crippen molar-refractivity contribution >= 4 is 49.6 Å². The van der Waals surface area contributed by atoms with Gasteiger partial charge in [-0.05, 0) is 30.7 Å². The number of hydrogen-bond donors (Lipinski definition) is 1. The van der Waals surface area contributed by atoms with Crippen molar-refractivity contribution in [2.45, 2.75) is 19.4 Å². The van der Waals surface area contributed by atoms with Crippen molar-refractivity contribution in [3.05, 3.63) is 40.7 Å². The molecule has 6 rings (SSSR count). The van der Waals surface area contributed by atoms with Crippen molar-refractivity contribution in [1.29, 1.82) is 5.26 Å². The predicted molar refractivity (Wildman–Crippen MR) is 152 cm³/mol. The summed E-state index contributed by atoms with van der Waals surface area (Å²) < 4.78 is 15.3. The topological polar surface area (TPSA) is 117 Å². The molecule has 0 saturated carbocycles. The standard InChI is InChI=1S/C26H28FN9O2S2/c1-3-19-23(32(2)24-30-22(20(12-28)39-24)16-4-6-17(27)7-5-16)36-25(29-19)40-26(31-36)34-10-8-33(9-11-34)15-21(38)35-13-18(37)14-35/h4-7,18,37H,3,8-11,13-15H2,1-2H3. The number of imidazole rings is 1. The van der Waals surface area contributed by atoms with Crippen molar-refractivity contribution in [2.24, 2.45) is 0 Å². The Labute approximate surface area is 238 Å². The molecule has 208 valence electrons. The van der Waals surface area contributed by atoms with Crippen LogP contribution >= 0.6 is 22.7 Å². The third-order valence-corrected chi connectivity index (χ3v) is 9.24. The van der Waals surface area contributed by atoms with E-state index in [1.54, 1.807) is 17.0 Å². The van der Waals surface area contributed by atoms with Crippen molar-refractivity contribution in [3.8, 4) is 17.3 Å². The molecular formula is C26H28FN9O2S2. The number of aliphatic hydroxyl groups is 1. The maximum atomic E-state index is 13.5. The number of aryl methyl sites for hydroxylation is 1. The lowest BCUT2D eigenvalue weighted by Gasteiger charge is -2.39. The number of thiazole rings is 1. The molecule has 2 aliphatic rings. The third kappa shape index (κ3) is 4.90. The summed E-state index contributed by atoms with van der Waals surface area (Å²) in [5.41, 5.74) is 2.08. The number of carbonyl (C=O) groups excluding carboxylic acids is 1. The Morgan fingerprint density at radius 3 is 2.55 bits per heavy atom. The molecule has 2 saturated heterocycles. The molecule has 0 atom stereocenters. The number of anilines is 3. The van der Waals surface area contributed by atoms with Gasteiger partial charge in [-0.25, -0.2) is 14.4 Å². The molecule has 40 heavy (non-hydrogen) atoms. The van der Waals surface area contributed by atoms with E-state index in [4.69, 9.17) is 15.1 Å². The lowest BCUT2D eigenvalue weighted by molar-refractivity contribution is -0.142. The van der Waals surface area contributed by atoms with Gasteiger partial charge in [-0.15, -0.1) is 5.10 Å². The van der Waals surface area contributed by atoms with Crippen molar-refractivity contribution in [2.75, 3.05) is 62.7 Å². The maximum absolute atomic E-state index is 13.5. The van der Waals surface area contributed by atoms with Crippen LogP contribution in [0.5, 0.6) is 0 Å². The number of aliphatic hydroxyl groups excluding tert-OH is 1. The Morgan fingerprint density at radius 1 is 1.18 bits per heavy atom. The molecule has 2 fully saturated rings. The first-order chi connectivity index (χ1) is 19.3. The number of amides is 1. The number of halogens is 1. The number of likely N-dealkylation sites (tertiary alicyclic amines) is 1. The second kappa shape index (κ2) is 10.7. The molecule has 2 aliphatic heterocycles. The smallest absolute Gasteiger partial charge is 0.236 e. The van der Waals surface area contributed by atoms with Crippen molar-refractivity contribution in [1.82, 2.24) is 29.4 Å². The van der Waals surface area contributed by atoms with Gasteiger partial charge in [0.25, 0.3) is 0 Å². The van der Waals surface area contributed by atoms with E-state index in [1.807, 2.05) is 23.4 Å². The van der Waals surface area contributed by atoms with Crippen molar-refractivity contribution in [3.63, 3.8) is 0 Å². The van der Waals surface area contributed by atoms with Gasteiger partial charge in [0, 0.05) is 51.9 Å². The lowest BCUT2D eigenvalue weighted by atomic mass is 10.1. The normalized spacial score (nSPS) is 16.4. The van der Waals surface area contributed by atoms with E-state index in [0.29, 0.717) is 47.3 Å². The second-order valence-corrected chi connectivity index (χ2v) is 11.8. The highest BCUT2D eigenvalue weighted by Gasteiger charge is 2.31. The molecule has 3 aromatic heterocycles. The van der Waals surface area contributed by atoms with Gasteiger partial charge < -0.3 is 19.8 Å². The fraction of sp³-hybridized carbons (Fsp3) is 0.423. The van der Waals surface area contributed by atoms with Crippen molar-refractivity contribution < 1.29 is 14.3 Å². The van der Waals surface area contributed by atoms with Crippen LogP contribution in [0.4, 0.5) is 20.5 Å². The highest BCUT2D eigenvalue weighted by molar-refractivity contribution is 7.20. The molecule has 4 aromatic rings. The summed E-state index contributed by atoms with van der Waals surface area (Å²) in [5.74, 6) is 0.520. The molecule has 1 N–H and O–H groups in total. The van der Waals surface area contributed by atoms with Crippen LogP contribution in [-0.4, -0.2) is 99.4 Å². The maximum Gasteiger partial charge on any atom is 0.236 e. The summed E-state index contributed by atoms with van der Waals surface area (Å²) in [4.78, 5) is 31.2. The summed E-state index contributed by atoms with van der Waals surface area (Å²) >= 11 is 2.80. The van der Waals surface area contributed by atoms with E-state index in [0.717, 1.165) is 47.8 Å². The van der Waals surface area contributed by atoms with Crippen LogP contribution < -0.4 is 9.80 Å². The van der Waals surface area contributed by atoms with Gasteiger partial charge in [0.1, 0.15) is 22.5 Å². The number of hydrogen-bond acceptors (Lipinski definition) is 11. The molecule has 1 amide bonds. The zero-order valence-corrected chi connectivity index (χ0v) is 23.8. The number of benzene rings is 1. The molecule has 0 radical (unpaired) electrons. The molecule has 0 bridgehead atoms. The summed E-state index contributed by atoms with van der Waals surface area (Å²) in [6.45, 7) is 6.27. The van der Waals surface area contributed by atoms with Crippen LogP contribution in [0.25, 0.3) is 16.2 Å². The summed E-state index contributed by atoms with van der Waals surface area (Å²) in [6.07, 6.45) is 0.315. The van der Waals surface area contributed by atoms with E-state index in [9.17, 15) is 19.6 Å². The number of piperazine rings is 1. The highest BCUT2D eigenvalue weighted by atomic mass is 32.1. The first-order valence-corrected chi connectivity index (χ1v) is 14.7. The van der Waals surface area contributed by atoms with Gasteiger partial charge in [-0.1, -0.05) is 29.6 Å². The Bertz CT molecular complexity index is 1580. The first kappa shape index (κ1) is 26.6. The predicted octanol–water partition coefficient (Wildman–Crippen LogP) is 2.58. The van der Waals surface area contributed by atoms with E-state index >= 15 is 0 Å². The zero-order valence-electron chi connectivity index (χ0n) is 22.1. The van der Waals surface area contributed by atoms with Crippen LogP contribution in [0.2, 0.25) is 0 Å². The third-order valence-electron chi connectivity index (χ3n) is 7.23. The molecule has 11 nitrogen and oxygen atoms in total. The monoisotopic (exact) mass is 581 g/mol. The number of β-amino-alcohol motifs (C(OH)–C–C–N with tert-alkyl or cyclic N) is 1. The Morgan fingerprint density at radius 2 is 1.90 bits per heavy atom. The second-order valence-electron chi connectivity index (χ2n) is 9.88. The summed E-state index contributed by atoms with van der Waals surface area (Å²) in [5, 5.41) is 25.6. The summed E-state index contributed by atoms with van der Waals surface area (Å²) in [7, 11) is 1.89. The highest BCUT2D eigenvalue weighted by Crippen LogP contribution is 2.38. The molecule has 5 heterocycles. The average molecular weight is 582 g/mol. The quantitative estimate of drug-likeness (QED) is 0.351. The fourth-order valence-electron chi connectivity index (χ4n) is 4.94. The fourth-order valence-corrected chi connectivity index (χ4v) is 6.76. The number of fused-ring (bicyclic) bond motifs is 1. The first-order valence-electron chi connectivity index (χ1n) is 13.1. The Kier molecular flexibility index (Phi) is 7.13. The van der Waals surface area contributed by atoms with E-state index in [2.05, 4.69) is 15.9 Å². The van der Waals surface area contributed by atoms with Gasteiger partial charge in [0.15, 0.2) is 10.9 Å². The van der Waals surface area contributed by atoms with Gasteiger partial charge in [0.2, 0.25) is 16.0 Å². The van der Waals surface area contributed by atoms with Gasteiger partial charge in [0.05, 0.1) is 18.3 Å². The lowest BCUT2D eigenvalue weighted by Crippen LogP contribution is -2.57. The Balaban J connectivity index is 1.21. The number of aromatic nitrogens is 4. The van der Waals surface area contributed by atoms with E-state index in [1.165, 1.54) is 34.8 Å². The van der Waals surface area contributed by atoms with Crippen LogP contribution in [-0.2, 0) is 11.2 Å². The van der Waals surface area contributed by atoms with Crippen LogP contribution in [0.3, 0.4) is 0 Å². The molecule has 0 aliphatic carbocycles. The minimum atomic E-state index is -0.386. The molecule has 0 spiro atoms. The van der Waals surface area contributed by atoms with Gasteiger partial charge in [-0.2, -0.15) is 9.78 Å². The summed E-state index contributed by atoms with van der Waals surface area (Å²) in [6, 6.07) is 8.20. The number of nitrogens with zero attached hydrogens (tertiary/aromatic N) is 9. The zero-order chi connectivity index (χ0) is 28.0. The van der Waals surface area contributed by atoms with Gasteiger partial charge >= 0.3 is 0 Å². The van der Waals surface area contributed by atoms with Gasteiger partial charge in [-0.3, -0.25) is 9.69 Å². The molecule has 14 heteroatoms. The average Bonchev–Trinajstić information content (AvgIpc) is 3.64. The number of rotatable bonds is 7. The minimum Gasteiger partial charge on any atom is -0.389 e. The molecule has 1 aromatic carbocycles. The number of nitriles is 1. The number of carbonyl (C=O) groups is 1. The molecular weight excluding hydrogens is 553 g/mol. The largest absolute Gasteiger partial charge is 0.389 e.